The summed E-state index contributed by atoms with van der Waals surface area (Å²) in [5.41, 5.74) is 0.479. The Kier molecular flexibility index (Phi) is 6.34. The average molecular weight is 441 g/mol. The number of methoxy groups -OCH3 is 2. The molecule has 3 heterocycles. The minimum atomic E-state index is -0.488. The van der Waals surface area contributed by atoms with Gasteiger partial charge in [-0.1, -0.05) is 0 Å². The molecule has 0 aliphatic carbocycles. The average Bonchev–Trinajstić information content (AvgIpc) is 3.55. The Morgan fingerprint density at radius 3 is 2.16 bits per heavy atom. The van der Waals surface area contributed by atoms with E-state index in [9.17, 15) is 14.4 Å². The summed E-state index contributed by atoms with van der Waals surface area (Å²) in [5.74, 6) is 0.871. The van der Waals surface area contributed by atoms with Gasteiger partial charge in [-0.15, -0.1) is 0 Å². The van der Waals surface area contributed by atoms with E-state index in [0.717, 1.165) is 6.42 Å². The zero-order chi connectivity index (χ0) is 22.7. The number of hydrogen-bond acceptors (Lipinski definition) is 6. The lowest BCUT2D eigenvalue weighted by Crippen LogP contribution is -2.55. The molecule has 1 atom stereocenters. The summed E-state index contributed by atoms with van der Waals surface area (Å²) in [6.07, 6.45) is 2.86. The Morgan fingerprint density at radius 1 is 0.906 bits per heavy atom. The van der Waals surface area contributed by atoms with Crippen LogP contribution in [0, 0.1) is 0 Å². The Labute approximate surface area is 186 Å². The lowest BCUT2D eigenvalue weighted by molar-refractivity contribution is -0.136. The molecule has 9 nitrogen and oxygen atoms in total. The number of likely N-dealkylation sites (tertiary alicyclic amines) is 1. The van der Waals surface area contributed by atoms with Crippen LogP contribution >= 0.6 is 0 Å². The topological polar surface area (TPSA) is 92.5 Å². The maximum Gasteiger partial charge on any atom is 0.290 e. The van der Waals surface area contributed by atoms with Crippen LogP contribution in [-0.4, -0.2) is 85.4 Å². The fourth-order valence-electron chi connectivity index (χ4n) is 4.26. The smallest absolute Gasteiger partial charge is 0.290 e. The highest BCUT2D eigenvalue weighted by molar-refractivity contribution is 5.97. The monoisotopic (exact) mass is 441 g/mol. The predicted octanol–water partition coefficient (Wildman–Crippen LogP) is 1.89. The van der Waals surface area contributed by atoms with Crippen molar-refractivity contribution in [2.24, 2.45) is 0 Å². The van der Waals surface area contributed by atoms with Crippen LogP contribution in [0.3, 0.4) is 0 Å². The SMILES string of the molecule is COc1cc(OC)cc(C(=O)N2CCN(C(=O)[C@@H]3CCCN3C(=O)c3ccco3)CC2)c1. The largest absolute Gasteiger partial charge is 0.497 e. The second-order valence-electron chi connectivity index (χ2n) is 7.85. The molecule has 3 amide bonds. The van der Waals surface area contributed by atoms with E-state index in [1.165, 1.54) is 20.5 Å². The van der Waals surface area contributed by atoms with Gasteiger partial charge in [0.05, 0.1) is 20.5 Å². The van der Waals surface area contributed by atoms with Gasteiger partial charge >= 0.3 is 0 Å². The third kappa shape index (κ3) is 4.28. The van der Waals surface area contributed by atoms with Crippen molar-refractivity contribution >= 4 is 17.7 Å². The van der Waals surface area contributed by atoms with E-state index in [-0.39, 0.29) is 23.5 Å². The van der Waals surface area contributed by atoms with Gasteiger partial charge in [0.15, 0.2) is 5.76 Å². The molecule has 170 valence electrons. The van der Waals surface area contributed by atoms with Crippen molar-refractivity contribution in [3.8, 4) is 11.5 Å². The van der Waals surface area contributed by atoms with Gasteiger partial charge in [-0.3, -0.25) is 14.4 Å². The zero-order valence-corrected chi connectivity index (χ0v) is 18.3. The normalized spacial score (nSPS) is 18.6. The summed E-state index contributed by atoms with van der Waals surface area (Å²) in [6.45, 7) is 2.22. The molecule has 2 aliphatic heterocycles. The van der Waals surface area contributed by atoms with E-state index < -0.39 is 6.04 Å². The second-order valence-corrected chi connectivity index (χ2v) is 7.85. The summed E-state index contributed by atoms with van der Waals surface area (Å²) in [6, 6.07) is 7.86. The van der Waals surface area contributed by atoms with Gasteiger partial charge in [-0.05, 0) is 37.1 Å². The maximum absolute atomic E-state index is 13.2. The Morgan fingerprint density at radius 2 is 1.56 bits per heavy atom. The van der Waals surface area contributed by atoms with Crippen molar-refractivity contribution in [2.75, 3.05) is 46.9 Å². The molecule has 4 rings (SSSR count). The molecule has 32 heavy (non-hydrogen) atoms. The molecule has 2 fully saturated rings. The van der Waals surface area contributed by atoms with Gasteiger partial charge < -0.3 is 28.6 Å². The number of benzene rings is 1. The summed E-state index contributed by atoms with van der Waals surface area (Å²) >= 11 is 0. The van der Waals surface area contributed by atoms with Gasteiger partial charge in [0.25, 0.3) is 11.8 Å². The molecule has 0 saturated carbocycles. The molecule has 9 heteroatoms. The highest BCUT2D eigenvalue weighted by Crippen LogP contribution is 2.25. The van der Waals surface area contributed by atoms with Crippen LogP contribution in [-0.2, 0) is 4.79 Å². The molecule has 0 N–H and O–H groups in total. The lowest BCUT2D eigenvalue weighted by Gasteiger charge is -2.37. The van der Waals surface area contributed by atoms with Crippen molar-refractivity contribution < 1.29 is 28.3 Å². The molecular formula is C23H27N3O6. The van der Waals surface area contributed by atoms with E-state index in [0.29, 0.717) is 56.2 Å². The van der Waals surface area contributed by atoms with Crippen molar-refractivity contribution in [1.82, 2.24) is 14.7 Å². The number of furan rings is 1. The van der Waals surface area contributed by atoms with E-state index in [2.05, 4.69) is 0 Å². The highest BCUT2D eigenvalue weighted by Gasteiger charge is 2.38. The molecule has 1 aromatic heterocycles. The van der Waals surface area contributed by atoms with Gasteiger partial charge in [0.1, 0.15) is 17.5 Å². The first-order valence-electron chi connectivity index (χ1n) is 10.7. The third-order valence-corrected chi connectivity index (χ3v) is 6.01. The first kappa shape index (κ1) is 21.7. The molecule has 2 aromatic rings. The molecule has 0 bridgehead atoms. The highest BCUT2D eigenvalue weighted by atomic mass is 16.5. The Bertz CT molecular complexity index is 959. The predicted molar refractivity (Wildman–Crippen MR) is 115 cm³/mol. The van der Waals surface area contributed by atoms with Crippen LogP contribution in [0.4, 0.5) is 0 Å². The Hall–Kier alpha value is -3.49. The number of rotatable bonds is 5. The fourth-order valence-corrected chi connectivity index (χ4v) is 4.26. The van der Waals surface area contributed by atoms with E-state index in [1.54, 1.807) is 45.0 Å². The number of piperazine rings is 1. The van der Waals surface area contributed by atoms with Gasteiger partial charge in [-0.25, -0.2) is 0 Å². The standard InChI is InChI=1S/C23H27N3O6/c1-30-17-13-16(14-18(15-17)31-2)21(27)24-8-10-25(11-9-24)22(28)19-5-3-7-26(19)23(29)20-6-4-12-32-20/h4,6,12-15,19H,3,5,7-11H2,1-2H3/t19-/m0/s1. The van der Waals surface area contributed by atoms with Crippen molar-refractivity contribution in [2.45, 2.75) is 18.9 Å². The van der Waals surface area contributed by atoms with E-state index in [4.69, 9.17) is 13.9 Å². The molecule has 2 aliphatic rings. The number of nitrogens with zero attached hydrogens (tertiary/aromatic N) is 3. The molecule has 0 radical (unpaired) electrons. The molecular weight excluding hydrogens is 414 g/mol. The van der Waals surface area contributed by atoms with Crippen LogP contribution < -0.4 is 9.47 Å². The molecule has 2 saturated heterocycles. The number of carbonyl (C=O) groups excluding carboxylic acids is 3. The van der Waals surface area contributed by atoms with Crippen LogP contribution in [0.5, 0.6) is 11.5 Å². The summed E-state index contributed by atoms with van der Waals surface area (Å²) in [5, 5.41) is 0. The van der Waals surface area contributed by atoms with Gasteiger partial charge in [0.2, 0.25) is 5.91 Å². The Balaban J connectivity index is 1.38. The summed E-state index contributed by atoms with van der Waals surface area (Å²) in [7, 11) is 3.08. The second kappa shape index (κ2) is 9.33. The van der Waals surface area contributed by atoms with Crippen LogP contribution in [0.15, 0.2) is 41.0 Å². The minimum absolute atomic E-state index is 0.0717. The fraction of sp³-hybridized carbons (Fsp3) is 0.435. The number of hydrogen-bond donors (Lipinski definition) is 0. The maximum atomic E-state index is 13.2. The van der Waals surface area contributed by atoms with Crippen LogP contribution in [0.25, 0.3) is 0 Å². The molecule has 0 unspecified atom stereocenters. The third-order valence-electron chi connectivity index (χ3n) is 6.01. The zero-order valence-electron chi connectivity index (χ0n) is 18.3. The summed E-state index contributed by atoms with van der Waals surface area (Å²) < 4.78 is 15.7. The van der Waals surface area contributed by atoms with Crippen LogP contribution in [0.1, 0.15) is 33.8 Å². The molecule has 0 spiro atoms. The van der Waals surface area contributed by atoms with Gasteiger partial charge in [0, 0.05) is 44.4 Å². The number of carbonyl (C=O) groups is 3. The van der Waals surface area contributed by atoms with Crippen LogP contribution in [0.2, 0.25) is 0 Å². The van der Waals surface area contributed by atoms with E-state index in [1.807, 2.05) is 0 Å². The first-order valence-corrected chi connectivity index (χ1v) is 10.7. The van der Waals surface area contributed by atoms with Gasteiger partial charge in [-0.2, -0.15) is 0 Å². The quantitative estimate of drug-likeness (QED) is 0.704. The van der Waals surface area contributed by atoms with Crippen molar-refractivity contribution in [3.63, 3.8) is 0 Å². The number of amides is 3. The minimum Gasteiger partial charge on any atom is -0.497 e. The van der Waals surface area contributed by atoms with E-state index >= 15 is 0 Å². The summed E-state index contributed by atoms with van der Waals surface area (Å²) in [4.78, 5) is 43.9. The first-order chi connectivity index (χ1) is 15.5. The lowest BCUT2D eigenvalue weighted by atomic mass is 10.1. The molecule has 1 aromatic carbocycles. The number of ether oxygens (including phenoxy) is 2. The van der Waals surface area contributed by atoms with Crippen molar-refractivity contribution in [1.29, 1.82) is 0 Å². The van der Waals surface area contributed by atoms with Crippen molar-refractivity contribution in [3.05, 3.63) is 47.9 Å².